The Kier molecular flexibility index (Phi) is 4.26. The summed E-state index contributed by atoms with van der Waals surface area (Å²) < 4.78 is 0. The summed E-state index contributed by atoms with van der Waals surface area (Å²) in [7, 11) is 1.85. The number of hydrogen-bond donors (Lipinski definition) is 0. The molecule has 4 rings (SSSR count). The van der Waals surface area contributed by atoms with Crippen LogP contribution in [0.15, 0.2) is 12.4 Å². The number of aromatic nitrogens is 2. The summed E-state index contributed by atoms with van der Waals surface area (Å²) in [4.78, 5) is 29.6. The molecule has 0 radical (unpaired) electrons. The molecule has 1 amide bonds. The molecule has 0 N–H and O–H groups in total. The van der Waals surface area contributed by atoms with Gasteiger partial charge in [-0.25, -0.2) is 9.97 Å². The fourth-order valence-electron chi connectivity index (χ4n) is 3.99. The van der Waals surface area contributed by atoms with Gasteiger partial charge in [0, 0.05) is 45.3 Å². The maximum atomic E-state index is 11.9. The van der Waals surface area contributed by atoms with E-state index in [2.05, 4.69) is 24.7 Å². The third-order valence-electron chi connectivity index (χ3n) is 5.56. The smallest absolute Gasteiger partial charge is 0.241 e. The van der Waals surface area contributed by atoms with Crippen LogP contribution in [-0.4, -0.2) is 84.6 Å². The average molecular weight is 330 g/mol. The molecule has 7 nitrogen and oxygen atoms in total. The SMILES string of the molecule is CN1CCN(c2cc(N3CCC(N4CCCC4)C3)ncn2)CC1=O. The van der Waals surface area contributed by atoms with E-state index in [1.807, 2.05) is 13.1 Å². The molecule has 1 aromatic heterocycles. The predicted octanol–water partition coefficient (Wildman–Crippen LogP) is 0.430. The summed E-state index contributed by atoms with van der Waals surface area (Å²) in [6, 6.07) is 2.71. The van der Waals surface area contributed by atoms with Crippen molar-refractivity contribution in [3.63, 3.8) is 0 Å². The molecule has 3 saturated heterocycles. The first-order chi connectivity index (χ1) is 11.7. The van der Waals surface area contributed by atoms with Gasteiger partial charge in [-0.1, -0.05) is 0 Å². The van der Waals surface area contributed by atoms with Crippen molar-refractivity contribution in [2.75, 3.05) is 62.7 Å². The quantitative estimate of drug-likeness (QED) is 0.801. The number of anilines is 2. The first-order valence-electron chi connectivity index (χ1n) is 9.00. The molecule has 24 heavy (non-hydrogen) atoms. The van der Waals surface area contributed by atoms with E-state index in [0.717, 1.165) is 37.8 Å². The zero-order chi connectivity index (χ0) is 16.5. The van der Waals surface area contributed by atoms with E-state index in [1.165, 1.54) is 32.4 Å². The Labute approximate surface area is 143 Å². The van der Waals surface area contributed by atoms with Gasteiger partial charge in [-0.2, -0.15) is 0 Å². The fraction of sp³-hybridized carbons (Fsp3) is 0.706. The van der Waals surface area contributed by atoms with Gasteiger partial charge in [0.05, 0.1) is 6.54 Å². The normalized spacial score (nSPS) is 25.8. The molecule has 3 fully saturated rings. The van der Waals surface area contributed by atoms with Crippen molar-refractivity contribution in [2.45, 2.75) is 25.3 Å². The fourth-order valence-corrected chi connectivity index (χ4v) is 3.99. The van der Waals surface area contributed by atoms with Crippen molar-refractivity contribution >= 4 is 17.5 Å². The second-order valence-corrected chi connectivity index (χ2v) is 7.10. The van der Waals surface area contributed by atoms with E-state index in [4.69, 9.17) is 0 Å². The van der Waals surface area contributed by atoms with E-state index in [1.54, 1.807) is 11.2 Å². The Hall–Kier alpha value is -1.89. The number of hydrogen-bond acceptors (Lipinski definition) is 6. The Bertz CT molecular complexity index is 602. The van der Waals surface area contributed by atoms with Gasteiger partial charge in [0.15, 0.2) is 0 Å². The Morgan fingerprint density at radius 1 is 1.00 bits per heavy atom. The Morgan fingerprint density at radius 2 is 1.75 bits per heavy atom. The summed E-state index contributed by atoms with van der Waals surface area (Å²) >= 11 is 0. The molecular formula is C17H26N6O. The molecule has 0 saturated carbocycles. The first kappa shape index (κ1) is 15.6. The van der Waals surface area contributed by atoms with Crippen LogP contribution in [0.4, 0.5) is 11.6 Å². The molecule has 3 aliphatic heterocycles. The zero-order valence-electron chi connectivity index (χ0n) is 14.4. The maximum Gasteiger partial charge on any atom is 0.241 e. The highest BCUT2D eigenvalue weighted by atomic mass is 16.2. The van der Waals surface area contributed by atoms with Crippen molar-refractivity contribution in [1.29, 1.82) is 0 Å². The van der Waals surface area contributed by atoms with E-state index >= 15 is 0 Å². The summed E-state index contributed by atoms with van der Waals surface area (Å²) in [5.41, 5.74) is 0. The lowest BCUT2D eigenvalue weighted by molar-refractivity contribution is -0.129. The van der Waals surface area contributed by atoms with Crippen molar-refractivity contribution < 1.29 is 4.79 Å². The topological polar surface area (TPSA) is 55.8 Å². The van der Waals surface area contributed by atoms with Gasteiger partial charge >= 0.3 is 0 Å². The maximum absolute atomic E-state index is 11.9. The van der Waals surface area contributed by atoms with Crippen molar-refractivity contribution in [3.8, 4) is 0 Å². The van der Waals surface area contributed by atoms with Crippen LogP contribution in [0, 0.1) is 0 Å². The summed E-state index contributed by atoms with van der Waals surface area (Å²) in [5, 5.41) is 0. The number of carbonyl (C=O) groups is 1. The molecular weight excluding hydrogens is 304 g/mol. The molecule has 0 aromatic carbocycles. The third-order valence-corrected chi connectivity index (χ3v) is 5.56. The van der Waals surface area contributed by atoms with Gasteiger partial charge in [0.1, 0.15) is 18.0 Å². The summed E-state index contributed by atoms with van der Waals surface area (Å²) in [5.74, 6) is 2.01. The summed E-state index contributed by atoms with van der Waals surface area (Å²) in [6.45, 7) is 6.59. The Morgan fingerprint density at radius 3 is 2.50 bits per heavy atom. The Balaban J connectivity index is 1.44. The molecule has 0 aliphatic carbocycles. The highest BCUT2D eigenvalue weighted by molar-refractivity contribution is 5.82. The minimum atomic E-state index is 0.150. The van der Waals surface area contributed by atoms with Gasteiger partial charge in [-0.05, 0) is 32.4 Å². The zero-order valence-corrected chi connectivity index (χ0v) is 14.4. The molecule has 0 bridgehead atoms. The van der Waals surface area contributed by atoms with E-state index in [0.29, 0.717) is 12.6 Å². The van der Waals surface area contributed by atoms with E-state index in [-0.39, 0.29) is 5.91 Å². The van der Waals surface area contributed by atoms with Crippen LogP contribution in [0.5, 0.6) is 0 Å². The van der Waals surface area contributed by atoms with Crippen LogP contribution in [0.2, 0.25) is 0 Å². The molecule has 0 spiro atoms. The molecule has 3 aliphatic rings. The number of piperazine rings is 1. The average Bonchev–Trinajstić information content (AvgIpc) is 3.28. The largest absolute Gasteiger partial charge is 0.355 e. The van der Waals surface area contributed by atoms with Gasteiger partial charge in [-0.3, -0.25) is 9.69 Å². The molecule has 1 atom stereocenters. The minimum absolute atomic E-state index is 0.150. The molecule has 1 unspecified atom stereocenters. The molecule has 130 valence electrons. The number of likely N-dealkylation sites (tertiary alicyclic amines) is 1. The second kappa shape index (κ2) is 6.55. The van der Waals surface area contributed by atoms with Crippen molar-refractivity contribution in [2.24, 2.45) is 0 Å². The number of carbonyl (C=O) groups excluding carboxylic acids is 1. The standard InChI is InChI=1S/C17H26N6O/c1-20-8-9-23(12-17(20)24)16-10-15(18-13-19-16)22-7-4-14(11-22)21-5-2-3-6-21/h10,13-14H,2-9,11-12H2,1H3. The minimum Gasteiger partial charge on any atom is -0.355 e. The lowest BCUT2D eigenvalue weighted by Gasteiger charge is -2.33. The van der Waals surface area contributed by atoms with Crippen LogP contribution in [0.1, 0.15) is 19.3 Å². The second-order valence-electron chi connectivity index (χ2n) is 7.10. The van der Waals surface area contributed by atoms with Crippen LogP contribution < -0.4 is 9.80 Å². The molecule has 4 heterocycles. The summed E-state index contributed by atoms with van der Waals surface area (Å²) in [6.07, 6.45) is 5.53. The van der Waals surface area contributed by atoms with Gasteiger partial charge in [0.2, 0.25) is 5.91 Å². The van der Waals surface area contributed by atoms with Gasteiger partial charge in [-0.15, -0.1) is 0 Å². The number of likely N-dealkylation sites (N-methyl/N-ethyl adjacent to an activating group) is 1. The third kappa shape index (κ3) is 3.05. The van der Waals surface area contributed by atoms with Crippen LogP contribution in [-0.2, 0) is 4.79 Å². The number of nitrogens with zero attached hydrogens (tertiary/aromatic N) is 6. The highest BCUT2D eigenvalue weighted by Crippen LogP contribution is 2.26. The molecule has 1 aromatic rings. The van der Waals surface area contributed by atoms with Crippen molar-refractivity contribution in [3.05, 3.63) is 12.4 Å². The first-order valence-corrected chi connectivity index (χ1v) is 9.00. The lowest BCUT2D eigenvalue weighted by Crippen LogP contribution is -2.48. The number of amides is 1. The highest BCUT2D eigenvalue weighted by Gasteiger charge is 2.30. The van der Waals surface area contributed by atoms with Crippen LogP contribution >= 0.6 is 0 Å². The molecule has 7 heteroatoms. The van der Waals surface area contributed by atoms with Gasteiger partial charge < -0.3 is 14.7 Å². The predicted molar refractivity (Wildman–Crippen MR) is 93.3 cm³/mol. The lowest BCUT2D eigenvalue weighted by atomic mass is 10.2. The monoisotopic (exact) mass is 330 g/mol. The van der Waals surface area contributed by atoms with Crippen LogP contribution in [0.25, 0.3) is 0 Å². The van der Waals surface area contributed by atoms with E-state index in [9.17, 15) is 4.79 Å². The van der Waals surface area contributed by atoms with Crippen molar-refractivity contribution in [1.82, 2.24) is 19.8 Å². The number of rotatable bonds is 3. The van der Waals surface area contributed by atoms with Gasteiger partial charge in [0.25, 0.3) is 0 Å². The van der Waals surface area contributed by atoms with E-state index < -0.39 is 0 Å². The van der Waals surface area contributed by atoms with Crippen LogP contribution in [0.3, 0.4) is 0 Å².